The average molecular weight is 271 g/mol. The fraction of sp³-hybridized carbons (Fsp3) is 0.462. The van der Waals surface area contributed by atoms with Gasteiger partial charge in [0.25, 0.3) is 0 Å². The zero-order valence-electron chi connectivity index (χ0n) is 10.7. The van der Waals surface area contributed by atoms with Crippen LogP contribution < -0.4 is 0 Å². The summed E-state index contributed by atoms with van der Waals surface area (Å²) < 4.78 is 20.8. The van der Waals surface area contributed by atoms with Gasteiger partial charge in [-0.05, 0) is 26.0 Å². The van der Waals surface area contributed by atoms with Gasteiger partial charge in [0, 0.05) is 7.11 Å². The summed E-state index contributed by atoms with van der Waals surface area (Å²) in [4.78, 5) is 4.32. The summed E-state index contributed by atoms with van der Waals surface area (Å²) >= 11 is 6.13. The molecule has 0 aliphatic rings. The number of ether oxygens (including phenoxy) is 1. The molecular formula is C13H16ClFN2O. The first kappa shape index (κ1) is 13.3. The van der Waals surface area contributed by atoms with Crippen LogP contribution in [-0.2, 0) is 4.74 Å². The maximum atomic E-state index is 13.7. The molecule has 3 nitrogen and oxygen atoms in total. The Morgan fingerprint density at radius 2 is 2.17 bits per heavy atom. The highest BCUT2D eigenvalue weighted by atomic mass is 35.5. The molecular weight excluding hydrogens is 255 g/mol. The van der Waals surface area contributed by atoms with Crippen molar-refractivity contribution in [3.63, 3.8) is 0 Å². The number of hydrogen-bond donors (Lipinski definition) is 0. The zero-order valence-corrected chi connectivity index (χ0v) is 11.4. The standard InChI is InChI=1S/C13H16ClFN2O/c1-8(7-18-3)17-11-6-4-5-10(15)12(11)16-13(17)9(2)14/h4-6,8-9H,7H2,1-3H3. The third-order valence-corrected chi connectivity index (χ3v) is 3.10. The fourth-order valence-electron chi connectivity index (χ4n) is 2.16. The van der Waals surface area contributed by atoms with E-state index in [0.717, 1.165) is 5.52 Å². The second-order valence-electron chi connectivity index (χ2n) is 4.37. The molecule has 0 saturated carbocycles. The van der Waals surface area contributed by atoms with Gasteiger partial charge in [0.1, 0.15) is 11.3 Å². The molecule has 0 N–H and O–H groups in total. The Balaban J connectivity index is 2.66. The average Bonchev–Trinajstić information content (AvgIpc) is 2.70. The number of aromatic nitrogens is 2. The van der Waals surface area contributed by atoms with Crippen LogP contribution in [-0.4, -0.2) is 23.3 Å². The largest absolute Gasteiger partial charge is 0.383 e. The highest BCUT2D eigenvalue weighted by molar-refractivity contribution is 6.20. The van der Waals surface area contributed by atoms with Crippen LogP contribution in [0.25, 0.3) is 11.0 Å². The monoisotopic (exact) mass is 270 g/mol. The van der Waals surface area contributed by atoms with E-state index in [4.69, 9.17) is 16.3 Å². The molecule has 0 aliphatic carbocycles. The lowest BCUT2D eigenvalue weighted by Crippen LogP contribution is -2.14. The van der Waals surface area contributed by atoms with Crippen molar-refractivity contribution in [1.82, 2.24) is 9.55 Å². The normalized spacial score (nSPS) is 14.9. The summed E-state index contributed by atoms with van der Waals surface area (Å²) in [5.74, 6) is 0.343. The second kappa shape index (κ2) is 5.24. The molecule has 0 aliphatic heterocycles. The molecule has 0 fully saturated rings. The summed E-state index contributed by atoms with van der Waals surface area (Å²) in [7, 11) is 1.64. The van der Waals surface area contributed by atoms with Crippen LogP contribution in [0.2, 0.25) is 0 Å². The lowest BCUT2D eigenvalue weighted by molar-refractivity contribution is 0.162. The molecule has 0 saturated heterocycles. The number of nitrogens with zero attached hydrogens (tertiary/aromatic N) is 2. The van der Waals surface area contributed by atoms with Gasteiger partial charge < -0.3 is 9.30 Å². The Labute approximate surface area is 111 Å². The number of methoxy groups -OCH3 is 1. The van der Waals surface area contributed by atoms with Crippen LogP contribution in [0.4, 0.5) is 4.39 Å². The van der Waals surface area contributed by atoms with Crippen LogP contribution in [0.1, 0.15) is 31.1 Å². The number of alkyl halides is 1. The first-order valence-corrected chi connectivity index (χ1v) is 6.29. The lowest BCUT2D eigenvalue weighted by atomic mass is 10.2. The Bertz CT molecular complexity index is 553. The van der Waals surface area contributed by atoms with E-state index in [1.54, 1.807) is 13.2 Å². The van der Waals surface area contributed by atoms with E-state index < -0.39 is 0 Å². The summed E-state index contributed by atoms with van der Waals surface area (Å²) in [6.07, 6.45) is 0. The molecule has 18 heavy (non-hydrogen) atoms. The van der Waals surface area contributed by atoms with E-state index in [0.29, 0.717) is 17.9 Å². The number of fused-ring (bicyclic) bond motifs is 1. The summed E-state index contributed by atoms with van der Waals surface area (Å²) in [6, 6.07) is 4.99. The molecule has 2 rings (SSSR count). The van der Waals surface area contributed by atoms with Gasteiger partial charge in [-0.25, -0.2) is 9.37 Å². The maximum absolute atomic E-state index is 13.7. The molecule has 1 aromatic carbocycles. The summed E-state index contributed by atoms with van der Waals surface area (Å²) in [5.41, 5.74) is 1.12. The molecule has 2 aromatic rings. The molecule has 0 spiro atoms. The SMILES string of the molecule is COCC(C)n1c(C(C)Cl)nc2c(F)cccc21. The van der Waals surface area contributed by atoms with Crippen molar-refractivity contribution in [2.75, 3.05) is 13.7 Å². The van der Waals surface area contributed by atoms with Crippen molar-refractivity contribution in [2.24, 2.45) is 0 Å². The highest BCUT2D eigenvalue weighted by Crippen LogP contribution is 2.29. The van der Waals surface area contributed by atoms with Gasteiger partial charge in [0.15, 0.2) is 5.82 Å². The summed E-state index contributed by atoms with van der Waals surface area (Å²) in [5, 5.41) is -0.281. The van der Waals surface area contributed by atoms with Gasteiger partial charge in [-0.15, -0.1) is 11.6 Å². The van der Waals surface area contributed by atoms with E-state index in [1.807, 2.05) is 24.5 Å². The van der Waals surface area contributed by atoms with Gasteiger partial charge in [0.2, 0.25) is 0 Å². The predicted molar refractivity (Wildman–Crippen MR) is 70.5 cm³/mol. The van der Waals surface area contributed by atoms with Crippen molar-refractivity contribution >= 4 is 22.6 Å². The fourth-order valence-corrected chi connectivity index (χ4v) is 2.31. The first-order valence-electron chi connectivity index (χ1n) is 5.85. The number of benzene rings is 1. The molecule has 0 radical (unpaired) electrons. The molecule has 2 atom stereocenters. The van der Waals surface area contributed by atoms with E-state index in [2.05, 4.69) is 4.98 Å². The van der Waals surface area contributed by atoms with Crippen molar-refractivity contribution in [1.29, 1.82) is 0 Å². The molecule has 5 heteroatoms. The van der Waals surface area contributed by atoms with Gasteiger partial charge in [0.05, 0.1) is 23.5 Å². The maximum Gasteiger partial charge on any atom is 0.151 e. The Kier molecular flexibility index (Phi) is 3.88. The third-order valence-electron chi connectivity index (χ3n) is 2.90. The first-order chi connectivity index (χ1) is 8.56. The van der Waals surface area contributed by atoms with Crippen molar-refractivity contribution < 1.29 is 9.13 Å². The molecule has 1 heterocycles. The minimum Gasteiger partial charge on any atom is -0.383 e. The van der Waals surface area contributed by atoms with E-state index in [1.165, 1.54) is 6.07 Å². The minimum absolute atomic E-state index is 0.0537. The van der Waals surface area contributed by atoms with Gasteiger partial charge in [-0.2, -0.15) is 0 Å². The molecule has 98 valence electrons. The lowest BCUT2D eigenvalue weighted by Gasteiger charge is -2.17. The smallest absolute Gasteiger partial charge is 0.151 e. The Morgan fingerprint density at radius 3 is 2.78 bits per heavy atom. The third kappa shape index (κ3) is 2.22. The molecule has 0 amide bonds. The second-order valence-corrected chi connectivity index (χ2v) is 5.02. The van der Waals surface area contributed by atoms with E-state index >= 15 is 0 Å². The van der Waals surface area contributed by atoms with Crippen molar-refractivity contribution in [3.05, 3.63) is 29.8 Å². The quantitative estimate of drug-likeness (QED) is 0.793. The van der Waals surface area contributed by atoms with Gasteiger partial charge in [-0.3, -0.25) is 0 Å². The topological polar surface area (TPSA) is 27.1 Å². The van der Waals surface area contributed by atoms with E-state index in [-0.39, 0.29) is 17.2 Å². The Morgan fingerprint density at radius 1 is 1.44 bits per heavy atom. The van der Waals surface area contributed by atoms with E-state index in [9.17, 15) is 4.39 Å². The van der Waals surface area contributed by atoms with Crippen LogP contribution in [0, 0.1) is 5.82 Å². The minimum atomic E-state index is -0.325. The highest BCUT2D eigenvalue weighted by Gasteiger charge is 2.20. The van der Waals surface area contributed by atoms with Crippen LogP contribution in [0.15, 0.2) is 18.2 Å². The Hall–Kier alpha value is -1.13. The van der Waals surface area contributed by atoms with Crippen LogP contribution in [0.3, 0.4) is 0 Å². The zero-order chi connectivity index (χ0) is 13.3. The van der Waals surface area contributed by atoms with Crippen LogP contribution >= 0.6 is 11.6 Å². The van der Waals surface area contributed by atoms with Crippen molar-refractivity contribution in [3.8, 4) is 0 Å². The number of rotatable bonds is 4. The molecule has 1 aromatic heterocycles. The number of para-hydroxylation sites is 1. The van der Waals surface area contributed by atoms with Crippen molar-refractivity contribution in [2.45, 2.75) is 25.3 Å². The molecule has 0 bridgehead atoms. The van der Waals surface area contributed by atoms with Gasteiger partial charge in [-0.1, -0.05) is 6.07 Å². The number of imidazole rings is 1. The molecule has 2 unspecified atom stereocenters. The number of halogens is 2. The van der Waals surface area contributed by atoms with Gasteiger partial charge >= 0.3 is 0 Å². The number of hydrogen-bond acceptors (Lipinski definition) is 2. The predicted octanol–water partition coefficient (Wildman–Crippen LogP) is 3.68. The summed E-state index contributed by atoms with van der Waals surface area (Å²) in [6.45, 7) is 4.35. The van der Waals surface area contributed by atoms with Crippen LogP contribution in [0.5, 0.6) is 0 Å².